The smallest absolute Gasteiger partial charge is 0.416 e. The van der Waals surface area contributed by atoms with Gasteiger partial charge in [-0.25, -0.2) is 9.59 Å². The zero-order chi connectivity index (χ0) is 34.1. The molecule has 0 aromatic heterocycles. The number of carboxylic acid groups (broad SMARTS) is 1. The Morgan fingerprint density at radius 2 is 1.02 bits per heavy atom. The molecule has 0 radical (unpaired) electrons. The standard InChI is InChI=1S/C18H24F3NO3.C14H16F3NO3/c1-17(2,3)25-16(23)12-24-15-8-10-22(11-9-15)14-6-4-13(5-7-14)18(19,20)21;15-14(16,17)10-1-3-11(4-2-10)18-7-5-12(6-8-18)21-9-13(19)20/h4-7,15H,8-12H2,1-3H3;1-4,12H,5-9H2,(H,19,20). The number of aliphatic carboxylic acids is 1. The monoisotopic (exact) mass is 662 g/mol. The summed E-state index contributed by atoms with van der Waals surface area (Å²) in [4.78, 5) is 26.1. The van der Waals surface area contributed by atoms with Crippen molar-refractivity contribution in [1.29, 1.82) is 0 Å². The Balaban J connectivity index is 0.000000254. The van der Waals surface area contributed by atoms with Gasteiger partial charge in [-0.2, -0.15) is 26.3 Å². The molecular weight excluding hydrogens is 622 g/mol. The third kappa shape index (κ3) is 12.3. The van der Waals surface area contributed by atoms with Crippen molar-refractivity contribution in [3.63, 3.8) is 0 Å². The lowest BCUT2D eigenvalue weighted by atomic mass is 10.1. The molecule has 46 heavy (non-hydrogen) atoms. The summed E-state index contributed by atoms with van der Waals surface area (Å²) in [5.74, 6) is -1.39. The number of alkyl halides is 6. The first kappa shape index (κ1) is 36.9. The Morgan fingerprint density at radius 1 is 0.674 bits per heavy atom. The number of halogens is 6. The molecule has 8 nitrogen and oxygen atoms in total. The van der Waals surface area contributed by atoms with E-state index in [2.05, 4.69) is 0 Å². The molecule has 14 heteroatoms. The highest BCUT2D eigenvalue weighted by atomic mass is 19.4. The third-order valence-corrected chi connectivity index (χ3v) is 7.30. The minimum Gasteiger partial charge on any atom is -0.480 e. The van der Waals surface area contributed by atoms with Gasteiger partial charge in [-0.15, -0.1) is 0 Å². The van der Waals surface area contributed by atoms with Gasteiger partial charge in [0.15, 0.2) is 0 Å². The molecule has 2 fully saturated rings. The van der Waals surface area contributed by atoms with E-state index >= 15 is 0 Å². The van der Waals surface area contributed by atoms with Crippen molar-refractivity contribution in [2.75, 3.05) is 49.2 Å². The fraction of sp³-hybridized carbons (Fsp3) is 0.562. The summed E-state index contributed by atoms with van der Waals surface area (Å²) in [5.41, 5.74) is -0.345. The van der Waals surface area contributed by atoms with Crippen molar-refractivity contribution in [3.05, 3.63) is 59.7 Å². The van der Waals surface area contributed by atoms with Crippen molar-refractivity contribution in [3.8, 4) is 0 Å². The van der Waals surface area contributed by atoms with Gasteiger partial charge >= 0.3 is 24.3 Å². The van der Waals surface area contributed by atoms with E-state index < -0.39 is 41.0 Å². The number of ether oxygens (including phenoxy) is 3. The van der Waals surface area contributed by atoms with Crippen molar-refractivity contribution in [2.45, 2.75) is 76.6 Å². The molecule has 0 saturated carbocycles. The maximum atomic E-state index is 12.6. The second-order valence-corrected chi connectivity index (χ2v) is 12.1. The van der Waals surface area contributed by atoms with Crippen molar-refractivity contribution < 1.29 is 55.2 Å². The van der Waals surface area contributed by atoms with Gasteiger partial charge in [0.1, 0.15) is 18.8 Å². The highest BCUT2D eigenvalue weighted by molar-refractivity contribution is 5.71. The van der Waals surface area contributed by atoms with E-state index in [1.165, 1.54) is 24.3 Å². The summed E-state index contributed by atoms with van der Waals surface area (Å²) < 4.78 is 91.2. The number of esters is 1. The summed E-state index contributed by atoms with van der Waals surface area (Å²) in [6, 6.07) is 10.2. The number of benzene rings is 2. The fourth-order valence-corrected chi connectivity index (χ4v) is 5.03. The molecule has 1 N–H and O–H groups in total. The Labute approximate surface area is 264 Å². The van der Waals surface area contributed by atoms with Gasteiger partial charge in [-0.05, 0) is 95.0 Å². The van der Waals surface area contributed by atoms with Gasteiger partial charge < -0.3 is 29.1 Å². The Bertz CT molecular complexity index is 1250. The fourth-order valence-electron chi connectivity index (χ4n) is 5.03. The van der Waals surface area contributed by atoms with Crippen LogP contribution in [0, 0.1) is 0 Å². The van der Waals surface area contributed by atoms with Crippen LogP contribution < -0.4 is 9.80 Å². The predicted octanol–water partition coefficient (Wildman–Crippen LogP) is 6.81. The SMILES string of the molecule is CC(C)(C)OC(=O)COC1CCN(c2ccc(C(F)(F)F)cc2)CC1.O=C(O)COC1CCN(c2ccc(C(F)(F)F)cc2)CC1. The number of carbonyl (C=O) groups is 2. The minimum absolute atomic E-state index is 0.0433. The highest BCUT2D eigenvalue weighted by Gasteiger charge is 2.31. The van der Waals surface area contributed by atoms with Crippen molar-refractivity contribution >= 4 is 23.3 Å². The molecule has 4 rings (SSSR count). The number of nitrogens with zero attached hydrogens (tertiary/aromatic N) is 2. The van der Waals surface area contributed by atoms with Crippen LogP contribution >= 0.6 is 0 Å². The third-order valence-electron chi connectivity index (χ3n) is 7.30. The number of rotatable bonds is 8. The van der Waals surface area contributed by atoms with Gasteiger partial charge in [0.25, 0.3) is 0 Å². The van der Waals surface area contributed by atoms with E-state index in [1.807, 2.05) is 9.80 Å². The number of carboxylic acids is 1. The molecule has 0 aliphatic carbocycles. The molecule has 2 aromatic rings. The quantitative estimate of drug-likeness (QED) is 0.244. The average molecular weight is 663 g/mol. The number of anilines is 2. The molecule has 2 aliphatic rings. The Hall–Kier alpha value is -3.52. The van der Waals surface area contributed by atoms with E-state index in [0.29, 0.717) is 51.9 Å². The van der Waals surface area contributed by atoms with Crippen molar-refractivity contribution in [2.24, 2.45) is 0 Å². The molecule has 0 atom stereocenters. The molecule has 0 bridgehead atoms. The first-order valence-corrected chi connectivity index (χ1v) is 14.9. The van der Waals surface area contributed by atoms with Gasteiger partial charge in [0.05, 0.1) is 23.3 Å². The van der Waals surface area contributed by atoms with E-state index in [1.54, 1.807) is 20.8 Å². The maximum absolute atomic E-state index is 12.6. The first-order chi connectivity index (χ1) is 21.4. The van der Waals surface area contributed by atoms with Crippen LogP contribution in [0.1, 0.15) is 57.6 Å². The summed E-state index contributed by atoms with van der Waals surface area (Å²) in [7, 11) is 0. The second-order valence-electron chi connectivity index (χ2n) is 12.1. The Kier molecular flexibility index (Phi) is 12.7. The number of hydrogen-bond acceptors (Lipinski definition) is 7. The molecule has 0 amide bonds. The van der Waals surface area contributed by atoms with Gasteiger partial charge in [-0.1, -0.05) is 0 Å². The summed E-state index contributed by atoms with van der Waals surface area (Å²) >= 11 is 0. The van der Waals surface area contributed by atoms with Crippen LogP contribution in [0.25, 0.3) is 0 Å². The van der Waals surface area contributed by atoms with E-state index in [9.17, 15) is 35.9 Å². The van der Waals surface area contributed by atoms with Gasteiger partial charge in [-0.3, -0.25) is 0 Å². The second kappa shape index (κ2) is 15.9. The molecule has 0 unspecified atom stereocenters. The maximum Gasteiger partial charge on any atom is 0.416 e. The van der Waals surface area contributed by atoms with E-state index in [4.69, 9.17) is 19.3 Å². The predicted molar refractivity (Wildman–Crippen MR) is 159 cm³/mol. The molecule has 2 aromatic carbocycles. The van der Waals surface area contributed by atoms with Crippen LogP contribution in [-0.4, -0.2) is 74.2 Å². The topological polar surface area (TPSA) is 88.5 Å². The normalized spacial score (nSPS) is 16.9. The lowest BCUT2D eigenvalue weighted by Crippen LogP contribution is -2.38. The van der Waals surface area contributed by atoms with Gasteiger partial charge in [0.2, 0.25) is 0 Å². The molecule has 2 saturated heterocycles. The summed E-state index contributed by atoms with van der Waals surface area (Å²) in [5, 5.41) is 8.54. The molecular formula is C32H40F6N2O6. The van der Waals surface area contributed by atoms with Crippen LogP contribution in [0.15, 0.2) is 48.5 Å². The van der Waals surface area contributed by atoms with E-state index in [0.717, 1.165) is 35.6 Å². The van der Waals surface area contributed by atoms with Crippen LogP contribution in [0.2, 0.25) is 0 Å². The number of carbonyl (C=O) groups excluding carboxylic acids is 1. The Morgan fingerprint density at radius 3 is 1.33 bits per heavy atom. The highest BCUT2D eigenvalue weighted by Crippen LogP contribution is 2.32. The zero-order valence-corrected chi connectivity index (χ0v) is 26.0. The van der Waals surface area contributed by atoms with Crippen LogP contribution in [0.4, 0.5) is 37.7 Å². The van der Waals surface area contributed by atoms with Gasteiger partial charge in [0, 0.05) is 37.6 Å². The van der Waals surface area contributed by atoms with Crippen LogP contribution in [0.5, 0.6) is 0 Å². The number of piperidine rings is 2. The first-order valence-electron chi connectivity index (χ1n) is 14.9. The molecule has 256 valence electrons. The lowest BCUT2D eigenvalue weighted by molar-refractivity contribution is -0.162. The molecule has 2 heterocycles. The largest absolute Gasteiger partial charge is 0.480 e. The summed E-state index contributed by atoms with van der Waals surface area (Å²) in [6.07, 6.45) is -6.04. The number of hydrogen-bond donors (Lipinski definition) is 1. The molecule has 2 aliphatic heterocycles. The van der Waals surface area contributed by atoms with Crippen LogP contribution in [-0.2, 0) is 36.2 Å². The van der Waals surface area contributed by atoms with E-state index in [-0.39, 0.29) is 25.4 Å². The van der Waals surface area contributed by atoms with Crippen molar-refractivity contribution in [1.82, 2.24) is 0 Å². The minimum atomic E-state index is -4.32. The summed E-state index contributed by atoms with van der Waals surface area (Å²) in [6.45, 7) is 7.61. The zero-order valence-electron chi connectivity index (χ0n) is 26.0. The molecule has 0 spiro atoms. The average Bonchev–Trinajstić information content (AvgIpc) is 2.98. The van der Waals surface area contributed by atoms with Crippen LogP contribution in [0.3, 0.4) is 0 Å². The lowest BCUT2D eigenvalue weighted by Gasteiger charge is -2.33.